The number of aliphatic hydroxyl groups excluding tert-OH is 1. The summed E-state index contributed by atoms with van der Waals surface area (Å²) >= 11 is 1.37. The molecule has 1 N–H and O–H groups in total. The SMILES string of the molecule is COCC(O)Cn1sc2ccccc2c1=O. The van der Waals surface area contributed by atoms with Crippen molar-refractivity contribution in [3.05, 3.63) is 34.6 Å². The monoisotopic (exact) mass is 239 g/mol. The van der Waals surface area contributed by atoms with Gasteiger partial charge in [-0.05, 0) is 12.1 Å². The minimum Gasteiger partial charge on any atom is -0.389 e. The van der Waals surface area contributed by atoms with Gasteiger partial charge in [0.05, 0.1) is 29.3 Å². The number of hydrogen-bond donors (Lipinski definition) is 1. The first-order valence-electron chi connectivity index (χ1n) is 4.98. The van der Waals surface area contributed by atoms with E-state index >= 15 is 0 Å². The lowest BCUT2D eigenvalue weighted by Crippen LogP contribution is -2.25. The van der Waals surface area contributed by atoms with E-state index in [2.05, 4.69) is 0 Å². The van der Waals surface area contributed by atoms with E-state index in [4.69, 9.17) is 4.74 Å². The minimum absolute atomic E-state index is 0.0456. The highest BCUT2D eigenvalue weighted by molar-refractivity contribution is 7.13. The fraction of sp³-hybridized carbons (Fsp3) is 0.364. The Bertz CT molecular complexity index is 531. The number of nitrogens with zero attached hydrogens (tertiary/aromatic N) is 1. The van der Waals surface area contributed by atoms with Crippen LogP contribution in [0, 0.1) is 0 Å². The van der Waals surface area contributed by atoms with Crippen LogP contribution < -0.4 is 5.56 Å². The molecule has 5 heteroatoms. The maximum absolute atomic E-state index is 11.9. The van der Waals surface area contributed by atoms with Crippen molar-refractivity contribution in [2.45, 2.75) is 12.6 Å². The van der Waals surface area contributed by atoms with Crippen molar-refractivity contribution < 1.29 is 9.84 Å². The number of hydrogen-bond acceptors (Lipinski definition) is 4. The molecule has 0 radical (unpaired) electrons. The standard InChI is InChI=1S/C11H13NO3S/c1-15-7-8(13)6-12-11(14)9-4-2-3-5-10(9)16-12/h2-5,8,13H,6-7H2,1H3. The van der Waals surface area contributed by atoms with Crippen LogP contribution in [0.1, 0.15) is 0 Å². The highest BCUT2D eigenvalue weighted by atomic mass is 32.1. The summed E-state index contributed by atoms with van der Waals surface area (Å²) in [5.74, 6) is 0. The van der Waals surface area contributed by atoms with Crippen LogP contribution in [0.4, 0.5) is 0 Å². The molecule has 1 aromatic heterocycles. The Morgan fingerprint density at radius 2 is 2.25 bits per heavy atom. The Labute approximate surface area is 96.9 Å². The van der Waals surface area contributed by atoms with Crippen LogP contribution in [0.5, 0.6) is 0 Å². The lowest BCUT2D eigenvalue weighted by molar-refractivity contribution is 0.0551. The molecule has 4 nitrogen and oxygen atoms in total. The lowest BCUT2D eigenvalue weighted by Gasteiger charge is -2.08. The largest absolute Gasteiger partial charge is 0.389 e. The number of fused-ring (bicyclic) bond motifs is 1. The van der Waals surface area contributed by atoms with Gasteiger partial charge < -0.3 is 9.84 Å². The van der Waals surface area contributed by atoms with Gasteiger partial charge in [-0.1, -0.05) is 23.7 Å². The van der Waals surface area contributed by atoms with Gasteiger partial charge in [-0.2, -0.15) is 0 Å². The second-order valence-electron chi connectivity index (χ2n) is 3.56. The van der Waals surface area contributed by atoms with E-state index in [1.54, 1.807) is 10.0 Å². The average Bonchev–Trinajstić information content (AvgIpc) is 2.57. The molecule has 0 aliphatic rings. The van der Waals surface area contributed by atoms with Crippen molar-refractivity contribution in [3.63, 3.8) is 0 Å². The van der Waals surface area contributed by atoms with E-state index in [-0.39, 0.29) is 18.7 Å². The second-order valence-corrected chi connectivity index (χ2v) is 4.63. The molecule has 2 rings (SSSR count). The maximum atomic E-state index is 11.9. The average molecular weight is 239 g/mol. The number of aromatic nitrogens is 1. The van der Waals surface area contributed by atoms with E-state index in [0.29, 0.717) is 5.39 Å². The van der Waals surface area contributed by atoms with Crippen molar-refractivity contribution in [1.82, 2.24) is 3.96 Å². The third kappa shape index (κ3) is 2.16. The van der Waals surface area contributed by atoms with Crippen molar-refractivity contribution >= 4 is 21.6 Å². The normalized spacial score (nSPS) is 13.1. The number of ether oxygens (including phenoxy) is 1. The summed E-state index contributed by atoms with van der Waals surface area (Å²) in [6.07, 6.45) is -0.643. The number of benzene rings is 1. The first-order valence-corrected chi connectivity index (χ1v) is 5.75. The summed E-state index contributed by atoms with van der Waals surface area (Å²) in [7, 11) is 1.52. The molecule has 86 valence electrons. The summed E-state index contributed by atoms with van der Waals surface area (Å²) < 4.78 is 7.33. The quantitative estimate of drug-likeness (QED) is 0.868. The highest BCUT2D eigenvalue weighted by Gasteiger charge is 2.10. The maximum Gasteiger partial charge on any atom is 0.268 e. The Balaban J connectivity index is 2.31. The van der Waals surface area contributed by atoms with Gasteiger partial charge in [0, 0.05) is 7.11 Å². The fourth-order valence-electron chi connectivity index (χ4n) is 1.57. The van der Waals surface area contributed by atoms with E-state index in [0.717, 1.165) is 4.70 Å². The van der Waals surface area contributed by atoms with Gasteiger partial charge in [-0.25, -0.2) is 0 Å². The summed E-state index contributed by atoms with van der Waals surface area (Å²) in [5, 5.41) is 10.3. The molecule has 1 aromatic carbocycles. The van der Waals surface area contributed by atoms with Crippen molar-refractivity contribution in [3.8, 4) is 0 Å². The van der Waals surface area contributed by atoms with Crippen LogP contribution in [0.25, 0.3) is 10.1 Å². The topological polar surface area (TPSA) is 51.5 Å². The van der Waals surface area contributed by atoms with Gasteiger partial charge in [0.25, 0.3) is 5.56 Å². The summed E-state index contributed by atoms with van der Waals surface area (Å²) in [6, 6.07) is 7.44. The minimum atomic E-state index is -0.643. The molecule has 0 aliphatic carbocycles. The second kappa shape index (κ2) is 4.78. The predicted molar refractivity (Wildman–Crippen MR) is 64.0 cm³/mol. The molecular formula is C11H13NO3S. The van der Waals surface area contributed by atoms with Gasteiger partial charge in [-0.3, -0.25) is 8.75 Å². The third-order valence-electron chi connectivity index (χ3n) is 2.29. The predicted octanol–water partition coefficient (Wildman–Crippen LogP) is 1.07. The lowest BCUT2D eigenvalue weighted by atomic mass is 10.3. The Morgan fingerprint density at radius 3 is 2.94 bits per heavy atom. The zero-order valence-electron chi connectivity index (χ0n) is 8.92. The zero-order chi connectivity index (χ0) is 11.5. The number of methoxy groups -OCH3 is 1. The third-order valence-corrected chi connectivity index (χ3v) is 3.38. The summed E-state index contributed by atoms with van der Waals surface area (Å²) in [4.78, 5) is 11.9. The molecule has 0 amide bonds. The van der Waals surface area contributed by atoms with Crippen molar-refractivity contribution in [2.75, 3.05) is 13.7 Å². The van der Waals surface area contributed by atoms with E-state index in [9.17, 15) is 9.90 Å². The van der Waals surface area contributed by atoms with E-state index < -0.39 is 6.10 Å². The molecule has 2 aromatic rings. The Hall–Kier alpha value is -1.17. The zero-order valence-corrected chi connectivity index (χ0v) is 9.74. The molecule has 0 spiro atoms. The first kappa shape index (κ1) is 11.3. The van der Waals surface area contributed by atoms with Gasteiger partial charge in [0.1, 0.15) is 0 Å². The summed E-state index contributed by atoms with van der Waals surface area (Å²) in [5.41, 5.74) is -0.0456. The summed E-state index contributed by atoms with van der Waals surface area (Å²) in [6.45, 7) is 0.521. The molecule has 1 unspecified atom stereocenters. The molecule has 0 saturated heterocycles. The Kier molecular flexibility index (Phi) is 3.38. The van der Waals surface area contributed by atoms with Crippen LogP contribution in [-0.4, -0.2) is 28.9 Å². The van der Waals surface area contributed by atoms with Crippen molar-refractivity contribution in [2.24, 2.45) is 0 Å². The molecule has 0 aliphatic heterocycles. The van der Waals surface area contributed by atoms with Crippen molar-refractivity contribution in [1.29, 1.82) is 0 Å². The van der Waals surface area contributed by atoms with Gasteiger partial charge in [0.15, 0.2) is 0 Å². The molecule has 1 heterocycles. The van der Waals surface area contributed by atoms with E-state index in [1.165, 1.54) is 18.6 Å². The smallest absolute Gasteiger partial charge is 0.268 e. The Morgan fingerprint density at radius 1 is 1.50 bits per heavy atom. The molecule has 0 bridgehead atoms. The van der Waals surface area contributed by atoms with Crippen LogP contribution in [0.3, 0.4) is 0 Å². The first-order chi connectivity index (χ1) is 7.72. The molecule has 0 fully saturated rings. The molecule has 0 saturated carbocycles. The number of rotatable bonds is 4. The van der Waals surface area contributed by atoms with Gasteiger partial charge in [-0.15, -0.1) is 0 Å². The molecular weight excluding hydrogens is 226 g/mol. The van der Waals surface area contributed by atoms with Gasteiger partial charge in [0.2, 0.25) is 0 Å². The fourth-order valence-corrected chi connectivity index (χ4v) is 2.63. The van der Waals surface area contributed by atoms with Crippen LogP contribution in [-0.2, 0) is 11.3 Å². The van der Waals surface area contributed by atoms with Crippen LogP contribution in [0.15, 0.2) is 29.1 Å². The highest BCUT2D eigenvalue weighted by Crippen LogP contribution is 2.15. The molecule has 1 atom stereocenters. The van der Waals surface area contributed by atoms with Gasteiger partial charge >= 0.3 is 0 Å². The van der Waals surface area contributed by atoms with Crippen LogP contribution in [0.2, 0.25) is 0 Å². The van der Waals surface area contributed by atoms with E-state index in [1.807, 2.05) is 18.2 Å². The van der Waals surface area contributed by atoms with Crippen LogP contribution >= 0.6 is 11.5 Å². The number of aliphatic hydroxyl groups is 1. The molecule has 16 heavy (non-hydrogen) atoms.